The number of amides is 2. The fourth-order valence-electron chi connectivity index (χ4n) is 3.30. The molecule has 2 amide bonds. The van der Waals surface area contributed by atoms with Crippen molar-refractivity contribution in [2.45, 2.75) is 26.8 Å². The van der Waals surface area contributed by atoms with Crippen LogP contribution >= 0.6 is 0 Å². The average molecular weight is 395 g/mol. The van der Waals surface area contributed by atoms with Gasteiger partial charge in [0.2, 0.25) is 5.91 Å². The normalized spacial score (nSPS) is 14.2. The van der Waals surface area contributed by atoms with Crippen LogP contribution in [-0.2, 0) is 4.79 Å². The van der Waals surface area contributed by atoms with Crippen molar-refractivity contribution < 1.29 is 9.59 Å². The Balaban J connectivity index is 1.51. The lowest BCUT2D eigenvalue weighted by atomic mass is 10.1. The minimum atomic E-state index is -0.0466. The summed E-state index contributed by atoms with van der Waals surface area (Å²) in [5.41, 5.74) is 3.79. The van der Waals surface area contributed by atoms with Crippen LogP contribution in [0.5, 0.6) is 0 Å². The van der Waals surface area contributed by atoms with Crippen LogP contribution in [0.4, 0.5) is 11.4 Å². The third-order valence-electron chi connectivity index (χ3n) is 5.05. The Morgan fingerprint density at radius 3 is 2.14 bits per heavy atom. The first kappa shape index (κ1) is 20.9. The zero-order valence-corrected chi connectivity index (χ0v) is 17.4. The largest absolute Gasteiger partial charge is 0.368 e. The van der Waals surface area contributed by atoms with E-state index in [1.807, 2.05) is 74.2 Å². The van der Waals surface area contributed by atoms with Crippen LogP contribution in [0.1, 0.15) is 29.8 Å². The molecule has 1 aliphatic rings. The van der Waals surface area contributed by atoms with Crippen molar-refractivity contribution in [3.05, 3.63) is 59.7 Å². The minimum Gasteiger partial charge on any atom is -0.368 e. The first-order valence-electron chi connectivity index (χ1n) is 10.2. The molecule has 1 aliphatic heterocycles. The fraction of sp³-hybridized carbons (Fsp3) is 0.391. The number of rotatable bonds is 6. The van der Waals surface area contributed by atoms with Crippen LogP contribution in [-0.4, -0.2) is 55.5 Å². The number of aryl methyl sites for hydroxylation is 1. The van der Waals surface area contributed by atoms with Crippen molar-refractivity contribution in [1.82, 2.24) is 10.2 Å². The van der Waals surface area contributed by atoms with E-state index >= 15 is 0 Å². The monoisotopic (exact) mass is 394 g/mol. The fourth-order valence-corrected chi connectivity index (χ4v) is 3.30. The van der Waals surface area contributed by atoms with E-state index in [-0.39, 0.29) is 17.9 Å². The average Bonchev–Trinajstić information content (AvgIpc) is 2.73. The van der Waals surface area contributed by atoms with Gasteiger partial charge >= 0.3 is 0 Å². The SMILES string of the molecule is Cc1ccc(C(=O)N2CCN(c3ccc(NC(=O)CNC(C)C)cc3)CC2)cc1. The van der Waals surface area contributed by atoms with Gasteiger partial charge < -0.3 is 20.4 Å². The Hall–Kier alpha value is -2.86. The number of hydrogen-bond donors (Lipinski definition) is 2. The number of anilines is 2. The van der Waals surface area contributed by atoms with E-state index in [1.165, 1.54) is 0 Å². The van der Waals surface area contributed by atoms with Crippen LogP contribution in [0.3, 0.4) is 0 Å². The van der Waals surface area contributed by atoms with Crippen molar-refractivity contribution in [2.75, 3.05) is 42.9 Å². The second kappa shape index (κ2) is 9.56. The molecule has 3 rings (SSSR count). The molecule has 1 heterocycles. The Morgan fingerprint density at radius 2 is 1.55 bits per heavy atom. The van der Waals surface area contributed by atoms with Crippen LogP contribution < -0.4 is 15.5 Å². The summed E-state index contributed by atoms with van der Waals surface area (Å²) in [5.74, 6) is 0.0485. The third-order valence-corrected chi connectivity index (χ3v) is 5.05. The number of piperazine rings is 1. The smallest absolute Gasteiger partial charge is 0.253 e. The molecule has 0 atom stereocenters. The van der Waals surface area contributed by atoms with Crippen LogP contribution in [0.2, 0.25) is 0 Å². The van der Waals surface area contributed by atoms with Gasteiger partial charge in [-0.25, -0.2) is 0 Å². The molecule has 0 aliphatic carbocycles. The van der Waals surface area contributed by atoms with Crippen molar-refractivity contribution in [1.29, 1.82) is 0 Å². The molecule has 0 bridgehead atoms. The highest BCUT2D eigenvalue weighted by Gasteiger charge is 2.22. The third kappa shape index (κ3) is 5.81. The molecular weight excluding hydrogens is 364 g/mol. The summed E-state index contributed by atoms with van der Waals surface area (Å²) in [7, 11) is 0. The lowest BCUT2D eigenvalue weighted by Gasteiger charge is -2.36. The van der Waals surface area contributed by atoms with Gasteiger partial charge in [0, 0.05) is 49.2 Å². The van der Waals surface area contributed by atoms with Gasteiger partial charge in [0.05, 0.1) is 6.54 Å². The molecule has 0 unspecified atom stereocenters. The minimum absolute atomic E-state index is 0.0466. The number of nitrogens with one attached hydrogen (secondary N) is 2. The highest BCUT2D eigenvalue weighted by atomic mass is 16.2. The summed E-state index contributed by atoms with van der Waals surface area (Å²) in [6, 6.07) is 15.9. The van der Waals surface area contributed by atoms with Gasteiger partial charge in [0.25, 0.3) is 5.91 Å². The molecule has 2 aromatic carbocycles. The van der Waals surface area contributed by atoms with Crippen LogP contribution in [0.25, 0.3) is 0 Å². The quantitative estimate of drug-likeness (QED) is 0.791. The molecule has 1 saturated heterocycles. The van der Waals surface area contributed by atoms with Gasteiger partial charge in [0.1, 0.15) is 0 Å². The maximum Gasteiger partial charge on any atom is 0.253 e. The van der Waals surface area contributed by atoms with Gasteiger partial charge in [-0.2, -0.15) is 0 Å². The standard InChI is InChI=1S/C23H30N4O2/c1-17(2)24-16-22(28)25-20-8-10-21(11-9-20)26-12-14-27(15-13-26)23(29)19-6-4-18(3)5-7-19/h4-11,17,24H,12-16H2,1-3H3,(H,25,28). The van der Waals surface area contributed by atoms with E-state index in [4.69, 9.17) is 0 Å². The number of hydrogen-bond acceptors (Lipinski definition) is 4. The molecule has 29 heavy (non-hydrogen) atoms. The molecule has 2 aromatic rings. The van der Waals surface area contributed by atoms with E-state index in [1.54, 1.807) is 0 Å². The summed E-state index contributed by atoms with van der Waals surface area (Å²) in [4.78, 5) is 28.8. The summed E-state index contributed by atoms with van der Waals surface area (Å²) >= 11 is 0. The van der Waals surface area contributed by atoms with Gasteiger partial charge in [-0.15, -0.1) is 0 Å². The molecule has 0 saturated carbocycles. The van der Waals surface area contributed by atoms with E-state index in [9.17, 15) is 9.59 Å². The predicted molar refractivity (Wildman–Crippen MR) is 118 cm³/mol. The van der Waals surface area contributed by atoms with Crippen LogP contribution in [0.15, 0.2) is 48.5 Å². The molecule has 1 fully saturated rings. The van der Waals surface area contributed by atoms with E-state index in [2.05, 4.69) is 15.5 Å². The van der Waals surface area contributed by atoms with Gasteiger partial charge in [-0.1, -0.05) is 31.5 Å². The molecule has 2 N–H and O–H groups in total. The number of nitrogens with zero attached hydrogens (tertiary/aromatic N) is 2. The lowest BCUT2D eigenvalue weighted by Crippen LogP contribution is -2.48. The number of benzene rings is 2. The molecule has 0 aromatic heterocycles. The van der Waals surface area contributed by atoms with Gasteiger partial charge in [-0.3, -0.25) is 9.59 Å². The Morgan fingerprint density at radius 1 is 0.931 bits per heavy atom. The summed E-state index contributed by atoms with van der Waals surface area (Å²) < 4.78 is 0. The molecule has 6 heteroatoms. The molecule has 154 valence electrons. The molecule has 0 spiro atoms. The van der Waals surface area contributed by atoms with Crippen molar-refractivity contribution in [2.24, 2.45) is 0 Å². The summed E-state index contributed by atoms with van der Waals surface area (Å²) in [6.07, 6.45) is 0. The van der Waals surface area contributed by atoms with E-state index < -0.39 is 0 Å². The van der Waals surface area contributed by atoms with E-state index in [0.717, 1.165) is 35.6 Å². The maximum absolute atomic E-state index is 12.7. The highest BCUT2D eigenvalue weighted by molar-refractivity contribution is 5.94. The van der Waals surface area contributed by atoms with E-state index in [0.29, 0.717) is 19.6 Å². The van der Waals surface area contributed by atoms with Crippen molar-refractivity contribution >= 4 is 23.2 Å². The predicted octanol–water partition coefficient (Wildman–Crippen LogP) is 2.89. The van der Waals surface area contributed by atoms with Crippen molar-refractivity contribution in [3.8, 4) is 0 Å². The van der Waals surface area contributed by atoms with Crippen molar-refractivity contribution in [3.63, 3.8) is 0 Å². The van der Waals surface area contributed by atoms with Crippen LogP contribution in [0, 0.1) is 6.92 Å². The Bertz CT molecular complexity index is 823. The summed E-state index contributed by atoms with van der Waals surface area (Å²) in [6.45, 7) is 9.33. The zero-order chi connectivity index (χ0) is 20.8. The molecular formula is C23H30N4O2. The number of carbonyl (C=O) groups is 2. The maximum atomic E-state index is 12.7. The topological polar surface area (TPSA) is 64.7 Å². The lowest BCUT2D eigenvalue weighted by molar-refractivity contribution is -0.115. The summed E-state index contributed by atoms with van der Waals surface area (Å²) in [5, 5.41) is 6.00. The second-order valence-corrected chi connectivity index (χ2v) is 7.78. The second-order valence-electron chi connectivity index (χ2n) is 7.78. The molecule has 0 radical (unpaired) electrons. The first-order valence-corrected chi connectivity index (χ1v) is 10.2. The molecule has 6 nitrogen and oxygen atoms in total. The Kier molecular flexibility index (Phi) is 6.88. The zero-order valence-electron chi connectivity index (χ0n) is 17.4. The van der Waals surface area contributed by atoms with Gasteiger partial charge in [-0.05, 0) is 43.3 Å². The Labute approximate surface area is 172 Å². The number of carbonyl (C=O) groups excluding carboxylic acids is 2. The highest BCUT2D eigenvalue weighted by Crippen LogP contribution is 2.20. The first-order chi connectivity index (χ1) is 13.9. The van der Waals surface area contributed by atoms with Gasteiger partial charge in [0.15, 0.2) is 0 Å².